The summed E-state index contributed by atoms with van der Waals surface area (Å²) in [6.07, 6.45) is 1.38. The molecule has 0 unspecified atom stereocenters. The molecule has 5 nitrogen and oxygen atoms in total. The summed E-state index contributed by atoms with van der Waals surface area (Å²) in [7, 11) is 0. The highest BCUT2D eigenvalue weighted by molar-refractivity contribution is 9.10. The summed E-state index contributed by atoms with van der Waals surface area (Å²) < 4.78 is 0.788. The Bertz CT molecular complexity index is 786. The highest BCUT2D eigenvalue weighted by atomic mass is 79.9. The van der Waals surface area contributed by atoms with Gasteiger partial charge in [-0.25, -0.2) is 0 Å². The standard InChI is InChI=1S/C14H12BrN3O2S/c1-7-4-12(19)10(6-17-7)14(20)18-11-3-2-8(15)5-9(11)13(16)21/h2-6H,1H3,(H2,16,21)(H,17,19)(H,18,20). The number of benzene rings is 1. The Morgan fingerprint density at radius 2 is 2.05 bits per heavy atom. The number of anilines is 1. The molecule has 0 aliphatic rings. The quantitative estimate of drug-likeness (QED) is 0.728. The van der Waals surface area contributed by atoms with Gasteiger partial charge < -0.3 is 16.0 Å². The normalized spacial score (nSPS) is 10.2. The average Bonchev–Trinajstić information content (AvgIpc) is 2.40. The zero-order valence-electron chi connectivity index (χ0n) is 11.1. The molecular weight excluding hydrogens is 354 g/mol. The lowest BCUT2D eigenvalue weighted by Gasteiger charge is -2.10. The molecule has 2 aromatic rings. The third kappa shape index (κ3) is 3.56. The first-order valence-corrected chi connectivity index (χ1v) is 7.18. The van der Waals surface area contributed by atoms with E-state index >= 15 is 0 Å². The minimum Gasteiger partial charge on any atom is -0.389 e. The van der Waals surface area contributed by atoms with Crippen LogP contribution in [0.25, 0.3) is 0 Å². The van der Waals surface area contributed by atoms with E-state index in [1.165, 1.54) is 12.3 Å². The summed E-state index contributed by atoms with van der Waals surface area (Å²) in [5.74, 6) is -0.518. The lowest BCUT2D eigenvalue weighted by atomic mass is 10.1. The van der Waals surface area contributed by atoms with Crippen LogP contribution in [-0.2, 0) is 0 Å². The first-order chi connectivity index (χ1) is 9.88. The second kappa shape index (κ2) is 6.19. The van der Waals surface area contributed by atoms with Crippen molar-refractivity contribution in [1.29, 1.82) is 0 Å². The van der Waals surface area contributed by atoms with Crippen LogP contribution < -0.4 is 16.5 Å². The molecule has 0 atom stereocenters. The number of aryl methyl sites for hydroxylation is 1. The fourth-order valence-corrected chi connectivity index (χ4v) is 2.30. The number of rotatable bonds is 3. The van der Waals surface area contributed by atoms with E-state index in [0.29, 0.717) is 16.9 Å². The van der Waals surface area contributed by atoms with Crippen molar-refractivity contribution in [3.63, 3.8) is 0 Å². The third-order valence-corrected chi connectivity index (χ3v) is 3.51. The first-order valence-electron chi connectivity index (χ1n) is 5.98. The molecule has 0 saturated heterocycles. The predicted molar refractivity (Wildman–Crippen MR) is 89.8 cm³/mol. The number of nitrogens with one attached hydrogen (secondary N) is 2. The van der Waals surface area contributed by atoms with Gasteiger partial charge in [0.05, 0.1) is 5.69 Å². The van der Waals surface area contributed by atoms with Gasteiger partial charge in [-0.2, -0.15) is 0 Å². The SMILES string of the molecule is Cc1cc(=O)c(C(=O)Nc2ccc(Br)cc2C(N)=S)c[nH]1. The largest absolute Gasteiger partial charge is 0.389 e. The number of aromatic amines is 1. The van der Waals surface area contributed by atoms with Gasteiger partial charge in [0.15, 0.2) is 5.43 Å². The van der Waals surface area contributed by atoms with Gasteiger partial charge in [-0.05, 0) is 25.1 Å². The second-order valence-corrected chi connectivity index (χ2v) is 5.76. The summed E-state index contributed by atoms with van der Waals surface area (Å²) in [6, 6.07) is 6.48. The Hall–Kier alpha value is -1.99. The molecule has 1 heterocycles. The van der Waals surface area contributed by atoms with E-state index in [4.69, 9.17) is 18.0 Å². The van der Waals surface area contributed by atoms with Crippen LogP contribution in [0.2, 0.25) is 0 Å². The fourth-order valence-electron chi connectivity index (χ4n) is 1.77. The highest BCUT2D eigenvalue weighted by Gasteiger charge is 2.14. The van der Waals surface area contributed by atoms with Crippen LogP contribution in [0.3, 0.4) is 0 Å². The molecular formula is C14H12BrN3O2S. The Morgan fingerprint density at radius 3 is 2.67 bits per heavy atom. The van der Waals surface area contributed by atoms with Gasteiger partial charge in [-0.1, -0.05) is 28.1 Å². The number of carbonyl (C=O) groups excluding carboxylic acids is 1. The van der Waals surface area contributed by atoms with E-state index in [1.807, 2.05) is 0 Å². The average molecular weight is 366 g/mol. The number of nitrogens with two attached hydrogens (primary N) is 1. The van der Waals surface area contributed by atoms with Gasteiger partial charge in [-0.3, -0.25) is 9.59 Å². The van der Waals surface area contributed by atoms with Crippen LogP contribution in [0.15, 0.2) is 39.7 Å². The molecule has 1 aromatic carbocycles. The smallest absolute Gasteiger partial charge is 0.261 e. The summed E-state index contributed by atoms with van der Waals surface area (Å²) >= 11 is 8.27. The van der Waals surface area contributed by atoms with Crippen molar-refractivity contribution in [3.05, 3.63) is 62.0 Å². The van der Waals surface area contributed by atoms with Crippen molar-refractivity contribution < 1.29 is 4.79 Å². The zero-order valence-corrected chi connectivity index (χ0v) is 13.5. The molecule has 108 valence electrons. The number of pyridine rings is 1. The highest BCUT2D eigenvalue weighted by Crippen LogP contribution is 2.21. The Balaban J connectivity index is 2.36. The Kier molecular flexibility index (Phi) is 4.54. The molecule has 0 radical (unpaired) electrons. The van der Waals surface area contributed by atoms with Crippen molar-refractivity contribution in [1.82, 2.24) is 4.98 Å². The number of H-pyrrole nitrogens is 1. The van der Waals surface area contributed by atoms with E-state index in [0.717, 1.165) is 4.47 Å². The van der Waals surface area contributed by atoms with Crippen molar-refractivity contribution in [2.45, 2.75) is 6.92 Å². The molecule has 2 rings (SSSR count). The van der Waals surface area contributed by atoms with Crippen LogP contribution in [0, 0.1) is 6.92 Å². The molecule has 0 spiro atoms. The van der Waals surface area contributed by atoms with Crippen LogP contribution in [0.5, 0.6) is 0 Å². The number of carbonyl (C=O) groups is 1. The van der Waals surface area contributed by atoms with Gasteiger partial charge in [-0.15, -0.1) is 0 Å². The van der Waals surface area contributed by atoms with Gasteiger partial charge in [0.2, 0.25) is 0 Å². The number of aromatic nitrogens is 1. The predicted octanol–water partition coefficient (Wildman–Crippen LogP) is 2.33. The summed E-state index contributed by atoms with van der Waals surface area (Å²) in [6.45, 7) is 1.74. The van der Waals surface area contributed by atoms with Crippen LogP contribution >= 0.6 is 28.1 Å². The number of hydrogen-bond acceptors (Lipinski definition) is 3. The molecule has 1 aromatic heterocycles. The molecule has 0 aliphatic heterocycles. The lowest BCUT2D eigenvalue weighted by Crippen LogP contribution is -2.23. The second-order valence-electron chi connectivity index (χ2n) is 4.40. The van der Waals surface area contributed by atoms with Gasteiger partial charge in [0, 0.05) is 28.0 Å². The van der Waals surface area contributed by atoms with Crippen LogP contribution in [0.4, 0.5) is 5.69 Å². The monoisotopic (exact) mass is 365 g/mol. The number of thiocarbonyl (C=S) groups is 1. The van der Waals surface area contributed by atoms with Gasteiger partial charge >= 0.3 is 0 Å². The molecule has 0 bridgehead atoms. The number of hydrogen-bond donors (Lipinski definition) is 3. The van der Waals surface area contributed by atoms with Crippen molar-refractivity contribution >= 4 is 44.7 Å². The van der Waals surface area contributed by atoms with Crippen molar-refractivity contribution in [3.8, 4) is 0 Å². The van der Waals surface area contributed by atoms with E-state index in [2.05, 4.69) is 26.2 Å². The van der Waals surface area contributed by atoms with E-state index in [1.54, 1.807) is 25.1 Å². The molecule has 4 N–H and O–H groups in total. The van der Waals surface area contributed by atoms with Crippen LogP contribution in [0.1, 0.15) is 21.6 Å². The Labute approximate surface area is 134 Å². The molecule has 0 aliphatic carbocycles. The Morgan fingerprint density at radius 1 is 1.33 bits per heavy atom. The molecule has 7 heteroatoms. The van der Waals surface area contributed by atoms with Gasteiger partial charge in [0.1, 0.15) is 10.6 Å². The molecule has 0 fully saturated rings. The first kappa shape index (κ1) is 15.4. The topological polar surface area (TPSA) is 88.0 Å². The third-order valence-electron chi connectivity index (χ3n) is 2.80. The summed E-state index contributed by atoms with van der Waals surface area (Å²) in [5, 5.41) is 2.65. The lowest BCUT2D eigenvalue weighted by molar-refractivity contribution is 0.102. The van der Waals surface area contributed by atoms with Crippen molar-refractivity contribution in [2.24, 2.45) is 5.73 Å². The summed E-state index contributed by atoms with van der Waals surface area (Å²) in [4.78, 5) is 27.0. The number of amides is 1. The maximum Gasteiger partial charge on any atom is 0.261 e. The van der Waals surface area contributed by atoms with E-state index in [9.17, 15) is 9.59 Å². The molecule has 1 amide bonds. The molecule has 0 saturated carbocycles. The molecule has 21 heavy (non-hydrogen) atoms. The van der Waals surface area contributed by atoms with E-state index < -0.39 is 5.91 Å². The fraction of sp³-hybridized carbons (Fsp3) is 0.0714. The number of halogens is 1. The van der Waals surface area contributed by atoms with Crippen molar-refractivity contribution in [2.75, 3.05) is 5.32 Å². The maximum absolute atomic E-state index is 12.2. The summed E-state index contributed by atoms with van der Waals surface area (Å²) in [5.41, 5.74) is 6.98. The van der Waals surface area contributed by atoms with Gasteiger partial charge in [0.25, 0.3) is 5.91 Å². The maximum atomic E-state index is 12.2. The minimum absolute atomic E-state index is 0.0254. The minimum atomic E-state index is -0.518. The van der Waals surface area contributed by atoms with Crippen LogP contribution in [-0.4, -0.2) is 15.9 Å². The zero-order chi connectivity index (χ0) is 15.6. The van der Waals surface area contributed by atoms with E-state index in [-0.39, 0.29) is 16.0 Å².